The van der Waals surface area contributed by atoms with E-state index in [4.69, 9.17) is 0 Å². The van der Waals surface area contributed by atoms with Gasteiger partial charge in [-0.25, -0.2) is 0 Å². The van der Waals surface area contributed by atoms with Gasteiger partial charge in [-0.05, 0) is 24.6 Å². The normalized spacial score (nSPS) is 10.6. The topological polar surface area (TPSA) is 24.9 Å². The molecule has 0 aliphatic heterocycles. The average molecular weight is 335 g/mol. The number of aromatic nitrogens is 1. The molecule has 1 heterocycles. The minimum atomic E-state index is -1.70. The van der Waals surface area contributed by atoms with Crippen molar-refractivity contribution in [3.63, 3.8) is 0 Å². The highest BCUT2D eigenvalue weighted by atomic mass is 79.9. The van der Waals surface area contributed by atoms with Crippen LogP contribution in [0.1, 0.15) is 5.56 Å². The van der Waals surface area contributed by atoms with Crippen molar-refractivity contribution in [2.45, 2.75) is 6.92 Å². The van der Waals surface area contributed by atoms with Gasteiger partial charge in [0.2, 0.25) is 11.6 Å². The second kappa shape index (κ2) is 5.16. The maximum atomic E-state index is 13.4. The molecule has 0 spiro atoms. The molecule has 0 aliphatic rings. The highest BCUT2D eigenvalue weighted by molar-refractivity contribution is 9.10. The predicted molar refractivity (Wildman–Crippen MR) is 66.2 cm³/mol. The summed E-state index contributed by atoms with van der Waals surface area (Å²) in [4.78, 5) is 2.48. The maximum absolute atomic E-state index is 13.4. The molecule has 0 unspecified atom stereocenters. The van der Waals surface area contributed by atoms with Gasteiger partial charge in [0.25, 0.3) is 11.9 Å². The number of hydrogen-bond donors (Lipinski definition) is 1. The summed E-state index contributed by atoms with van der Waals surface area (Å²) >= 11 is 3.24. The quantitative estimate of drug-likeness (QED) is 0.648. The number of hydrogen-bond acceptors (Lipinski definition) is 2. The highest BCUT2D eigenvalue weighted by Gasteiger charge is 2.21. The summed E-state index contributed by atoms with van der Waals surface area (Å²) in [6, 6.07) is 4.86. The molecular formula is C12H7BrF4N2. The van der Waals surface area contributed by atoms with Gasteiger partial charge in [0, 0.05) is 10.2 Å². The fourth-order valence-electron chi connectivity index (χ4n) is 1.47. The number of anilines is 2. The molecule has 2 rings (SSSR count). The lowest BCUT2D eigenvalue weighted by atomic mass is 10.2. The summed E-state index contributed by atoms with van der Waals surface area (Å²) in [5.74, 6) is -6.54. The van der Waals surface area contributed by atoms with Crippen LogP contribution < -0.4 is 5.32 Å². The van der Waals surface area contributed by atoms with Gasteiger partial charge in [-0.3, -0.25) is 0 Å². The van der Waals surface area contributed by atoms with Crippen molar-refractivity contribution in [2.24, 2.45) is 0 Å². The van der Waals surface area contributed by atoms with Crippen molar-refractivity contribution in [1.29, 1.82) is 0 Å². The smallest absolute Gasteiger partial charge is 0.253 e. The lowest BCUT2D eigenvalue weighted by molar-refractivity contribution is 0.411. The van der Waals surface area contributed by atoms with Crippen LogP contribution in [0, 0.1) is 30.5 Å². The van der Waals surface area contributed by atoms with Gasteiger partial charge in [0.05, 0.1) is 0 Å². The van der Waals surface area contributed by atoms with E-state index in [-0.39, 0.29) is 0 Å². The molecule has 7 heteroatoms. The summed E-state index contributed by atoms with van der Waals surface area (Å²) < 4.78 is 53.5. The first-order chi connectivity index (χ1) is 8.91. The number of nitrogens with one attached hydrogen (secondary N) is 1. The molecule has 0 saturated heterocycles. The number of nitrogens with zero attached hydrogens (tertiary/aromatic N) is 1. The van der Waals surface area contributed by atoms with Gasteiger partial charge in [-0.15, -0.1) is 0 Å². The molecule has 0 bridgehead atoms. The molecule has 100 valence electrons. The van der Waals surface area contributed by atoms with E-state index in [0.717, 1.165) is 0 Å². The van der Waals surface area contributed by atoms with E-state index in [0.29, 0.717) is 15.7 Å². The van der Waals surface area contributed by atoms with Gasteiger partial charge < -0.3 is 5.32 Å². The number of pyridine rings is 1. The maximum Gasteiger partial charge on any atom is 0.253 e. The van der Waals surface area contributed by atoms with Gasteiger partial charge in [-0.1, -0.05) is 22.0 Å². The molecule has 0 amide bonds. The Morgan fingerprint density at radius 1 is 1.05 bits per heavy atom. The van der Waals surface area contributed by atoms with E-state index in [1.54, 1.807) is 19.1 Å². The molecule has 2 aromatic rings. The first-order valence-corrected chi connectivity index (χ1v) is 5.93. The number of rotatable bonds is 2. The Bertz CT molecular complexity index is 620. The number of halogens is 5. The third-order valence-electron chi connectivity index (χ3n) is 2.52. The molecule has 0 radical (unpaired) electrons. The third kappa shape index (κ3) is 2.56. The Hall–Kier alpha value is -1.63. The molecule has 0 atom stereocenters. The van der Waals surface area contributed by atoms with Gasteiger partial charge >= 0.3 is 0 Å². The van der Waals surface area contributed by atoms with Crippen molar-refractivity contribution >= 4 is 27.3 Å². The van der Waals surface area contributed by atoms with Crippen LogP contribution in [-0.4, -0.2) is 4.98 Å². The Balaban J connectivity index is 2.52. The van der Waals surface area contributed by atoms with Crippen molar-refractivity contribution in [2.75, 3.05) is 5.32 Å². The van der Waals surface area contributed by atoms with Gasteiger partial charge in [-0.2, -0.15) is 22.5 Å². The SMILES string of the molecule is Cc1c(Br)cccc1Nc1c(F)c(F)nc(F)c1F. The zero-order chi connectivity index (χ0) is 14.2. The Morgan fingerprint density at radius 3 is 2.21 bits per heavy atom. The summed E-state index contributed by atoms with van der Waals surface area (Å²) in [5.41, 5.74) is 0.0438. The molecular weight excluding hydrogens is 328 g/mol. The van der Waals surface area contributed by atoms with Crippen LogP contribution in [0.5, 0.6) is 0 Å². The Morgan fingerprint density at radius 2 is 1.63 bits per heavy atom. The van der Waals surface area contributed by atoms with Gasteiger partial charge in [0.15, 0.2) is 0 Å². The van der Waals surface area contributed by atoms with Crippen LogP contribution in [-0.2, 0) is 0 Å². The number of benzene rings is 1. The molecule has 1 N–H and O–H groups in total. The van der Waals surface area contributed by atoms with Crippen LogP contribution in [0.25, 0.3) is 0 Å². The molecule has 19 heavy (non-hydrogen) atoms. The Labute approximate surface area is 114 Å². The largest absolute Gasteiger partial charge is 0.350 e. The van der Waals surface area contributed by atoms with E-state index in [1.165, 1.54) is 6.07 Å². The average Bonchev–Trinajstić information content (AvgIpc) is 2.37. The first-order valence-electron chi connectivity index (χ1n) is 5.14. The summed E-state index contributed by atoms with van der Waals surface area (Å²) in [7, 11) is 0. The van der Waals surface area contributed by atoms with Crippen LogP contribution in [0.4, 0.5) is 28.9 Å². The zero-order valence-corrected chi connectivity index (χ0v) is 11.2. The standard InChI is InChI=1S/C12H7BrF4N2/c1-5-6(13)3-2-4-7(5)18-10-8(14)11(16)19-12(17)9(10)15/h2-4H,1H3,(H,18,19). The minimum absolute atomic E-state index is 0.317. The minimum Gasteiger partial charge on any atom is -0.350 e. The van der Waals surface area contributed by atoms with E-state index in [2.05, 4.69) is 26.2 Å². The second-order valence-electron chi connectivity index (χ2n) is 3.73. The third-order valence-corrected chi connectivity index (χ3v) is 3.38. The van der Waals surface area contributed by atoms with E-state index in [1.807, 2.05) is 0 Å². The molecule has 0 aliphatic carbocycles. The monoisotopic (exact) mass is 334 g/mol. The molecule has 1 aromatic heterocycles. The fourth-order valence-corrected chi connectivity index (χ4v) is 1.84. The van der Waals surface area contributed by atoms with Crippen LogP contribution >= 0.6 is 15.9 Å². The summed E-state index contributed by atoms with van der Waals surface area (Å²) in [5, 5.41) is 2.33. The van der Waals surface area contributed by atoms with Crippen molar-refractivity contribution in [3.05, 3.63) is 51.8 Å². The van der Waals surface area contributed by atoms with Crippen LogP contribution in [0.2, 0.25) is 0 Å². The lowest BCUT2D eigenvalue weighted by Gasteiger charge is -2.12. The predicted octanol–water partition coefficient (Wildman–Crippen LogP) is 4.45. The van der Waals surface area contributed by atoms with E-state index in [9.17, 15) is 17.6 Å². The second-order valence-corrected chi connectivity index (χ2v) is 4.59. The van der Waals surface area contributed by atoms with Crippen molar-refractivity contribution in [3.8, 4) is 0 Å². The first kappa shape index (κ1) is 13.8. The molecule has 0 saturated carbocycles. The lowest BCUT2D eigenvalue weighted by Crippen LogP contribution is -2.06. The van der Waals surface area contributed by atoms with Crippen molar-refractivity contribution < 1.29 is 17.6 Å². The zero-order valence-electron chi connectivity index (χ0n) is 9.57. The fraction of sp³-hybridized carbons (Fsp3) is 0.0833. The van der Waals surface area contributed by atoms with E-state index < -0.39 is 29.2 Å². The van der Waals surface area contributed by atoms with Gasteiger partial charge in [0.1, 0.15) is 5.69 Å². The van der Waals surface area contributed by atoms with E-state index >= 15 is 0 Å². The molecule has 1 aromatic carbocycles. The van der Waals surface area contributed by atoms with Crippen LogP contribution in [0.15, 0.2) is 22.7 Å². The highest BCUT2D eigenvalue weighted by Crippen LogP contribution is 2.30. The molecule has 0 fully saturated rings. The van der Waals surface area contributed by atoms with Crippen molar-refractivity contribution in [1.82, 2.24) is 4.98 Å². The summed E-state index contributed by atoms with van der Waals surface area (Å²) in [6.45, 7) is 1.68. The van der Waals surface area contributed by atoms with Crippen LogP contribution in [0.3, 0.4) is 0 Å². The summed E-state index contributed by atoms with van der Waals surface area (Å²) in [6.07, 6.45) is 0. The Kier molecular flexibility index (Phi) is 3.75. The molecule has 2 nitrogen and oxygen atoms in total.